The lowest BCUT2D eigenvalue weighted by molar-refractivity contribution is -0.133. The minimum Gasteiger partial charge on any atom is -0.381 e. The molecule has 4 nitrogen and oxygen atoms in total. The Morgan fingerprint density at radius 1 is 1.35 bits per heavy atom. The summed E-state index contributed by atoms with van der Waals surface area (Å²) in [4.78, 5) is 13.7. The number of rotatable bonds is 5. The fourth-order valence-electron chi connectivity index (χ4n) is 2.28. The van der Waals surface area contributed by atoms with Gasteiger partial charge in [-0.25, -0.2) is 0 Å². The van der Waals surface area contributed by atoms with Gasteiger partial charge in [-0.15, -0.1) is 12.4 Å². The number of methoxy groups -OCH3 is 1. The van der Waals surface area contributed by atoms with Gasteiger partial charge in [0.1, 0.15) is 0 Å². The number of ether oxygens (including phenoxy) is 1. The van der Waals surface area contributed by atoms with Crippen molar-refractivity contribution in [3.63, 3.8) is 0 Å². The molecule has 0 atom stereocenters. The number of carbonyl (C=O) groups is 1. The summed E-state index contributed by atoms with van der Waals surface area (Å²) in [7, 11) is 5.57. The van der Waals surface area contributed by atoms with E-state index in [4.69, 9.17) is 4.74 Å². The first-order chi connectivity index (χ1) is 7.69. The van der Waals surface area contributed by atoms with Gasteiger partial charge in [-0.1, -0.05) is 0 Å². The van der Waals surface area contributed by atoms with Crippen LogP contribution in [-0.4, -0.2) is 50.7 Å². The highest BCUT2D eigenvalue weighted by molar-refractivity contribution is 5.85. The summed E-state index contributed by atoms with van der Waals surface area (Å²) in [6, 6.07) is 0.413. The molecule has 0 aromatic rings. The molecule has 0 bridgehead atoms. The van der Waals surface area contributed by atoms with E-state index in [9.17, 15) is 4.79 Å². The predicted molar refractivity (Wildman–Crippen MR) is 71.6 cm³/mol. The van der Waals surface area contributed by atoms with Crippen LogP contribution in [0.25, 0.3) is 0 Å². The first kappa shape index (κ1) is 16.7. The van der Waals surface area contributed by atoms with E-state index in [1.165, 1.54) is 0 Å². The third-order valence-corrected chi connectivity index (χ3v) is 3.51. The minimum atomic E-state index is 0. The van der Waals surface area contributed by atoms with E-state index < -0.39 is 0 Å². The Morgan fingerprint density at radius 2 is 1.94 bits per heavy atom. The number of halogens is 1. The summed E-state index contributed by atoms with van der Waals surface area (Å²) < 4.78 is 5.33. The predicted octanol–water partition coefficient (Wildman–Crippen LogP) is 1.43. The maximum absolute atomic E-state index is 11.8. The van der Waals surface area contributed by atoms with Crippen LogP contribution in [0.5, 0.6) is 0 Å². The first-order valence-electron chi connectivity index (χ1n) is 6.12. The van der Waals surface area contributed by atoms with Crippen molar-refractivity contribution in [1.82, 2.24) is 10.2 Å². The van der Waals surface area contributed by atoms with E-state index in [2.05, 4.69) is 5.32 Å². The molecular formula is C12H25ClN2O2. The van der Waals surface area contributed by atoms with Crippen molar-refractivity contribution in [2.75, 3.05) is 27.7 Å². The van der Waals surface area contributed by atoms with Gasteiger partial charge < -0.3 is 15.0 Å². The maximum atomic E-state index is 11.8. The Hall–Kier alpha value is -0.320. The summed E-state index contributed by atoms with van der Waals surface area (Å²) in [6.07, 6.45) is 5.28. The average molecular weight is 265 g/mol. The Bertz CT molecular complexity index is 219. The van der Waals surface area contributed by atoms with Crippen molar-refractivity contribution in [2.24, 2.45) is 0 Å². The van der Waals surface area contributed by atoms with Crippen molar-refractivity contribution in [3.05, 3.63) is 0 Å². The summed E-state index contributed by atoms with van der Waals surface area (Å²) in [5.41, 5.74) is 0. The van der Waals surface area contributed by atoms with Crippen LogP contribution in [0.2, 0.25) is 0 Å². The molecule has 1 amide bonds. The smallest absolute Gasteiger partial charge is 0.223 e. The standard InChI is InChI=1S/C12H24N2O2.ClH/c1-13-9-8-12(15)14(2)10-4-6-11(16-3)7-5-10;/h10-11,13H,4-9H2,1-3H3;1H. The molecule has 5 heteroatoms. The van der Waals surface area contributed by atoms with Gasteiger partial charge in [0.2, 0.25) is 5.91 Å². The highest BCUT2D eigenvalue weighted by Crippen LogP contribution is 2.24. The Balaban J connectivity index is 0.00000256. The normalized spacial score (nSPS) is 23.9. The molecule has 0 spiro atoms. The highest BCUT2D eigenvalue weighted by atomic mass is 35.5. The highest BCUT2D eigenvalue weighted by Gasteiger charge is 2.25. The second-order valence-corrected chi connectivity index (χ2v) is 4.52. The fourth-order valence-corrected chi connectivity index (χ4v) is 2.28. The molecule has 1 rings (SSSR count). The van der Waals surface area contributed by atoms with Crippen LogP contribution in [-0.2, 0) is 9.53 Å². The molecule has 102 valence electrons. The lowest BCUT2D eigenvalue weighted by Crippen LogP contribution is -2.41. The quantitative estimate of drug-likeness (QED) is 0.817. The molecule has 1 aliphatic rings. The van der Waals surface area contributed by atoms with Crippen LogP contribution in [0.3, 0.4) is 0 Å². The molecule has 0 aliphatic heterocycles. The van der Waals surface area contributed by atoms with Crippen molar-refractivity contribution < 1.29 is 9.53 Å². The average Bonchev–Trinajstić information content (AvgIpc) is 2.35. The maximum Gasteiger partial charge on any atom is 0.223 e. The molecule has 0 aromatic heterocycles. The van der Waals surface area contributed by atoms with E-state index in [1.54, 1.807) is 7.11 Å². The van der Waals surface area contributed by atoms with E-state index >= 15 is 0 Å². The van der Waals surface area contributed by atoms with Crippen LogP contribution >= 0.6 is 12.4 Å². The van der Waals surface area contributed by atoms with E-state index in [1.807, 2.05) is 19.0 Å². The Kier molecular flexibility index (Phi) is 8.56. The van der Waals surface area contributed by atoms with Gasteiger partial charge in [-0.05, 0) is 32.7 Å². The van der Waals surface area contributed by atoms with E-state index in [-0.39, 0.29) is 18.3 Å². The molecule has 1 saturated carbocycles. The first-order valence-corrected chi connectivity index (χ1v) is 6.12. The lowest BCUT2D eigenvalue weighted by atomic mass is 9.92. The third kappa shape index (κ3) is 5.23. The van der Waals surface area contributed by atoms with E-state index in [0.29, 0.717) is 18.6 Å². The number of hydrogen-bond donors (Lipinski definition) is 1. The topological polar surface area (TPSA) is 41.6 Å². The Labute approximate surface area is 110 Å². The van der Waals surface area contributed by atoms with Crippen LogP contribution in [0.15, 0.2) is 0 Å². The molecule has 1 aliphatic carbocycles. The zero-order valence-electron chi connectivity index (χ0n) is 11.1. The minimum absolute atomic E-state index is 0. The van der Waals surface area contributed by atoms with Crippen molar-refractivity contribution in [3.8, 4) is 0 Å². The second-order valence-electron chi connectivity index (χ2n) is 4.52. The number of nitrogens with one attached hydrogen (secondary N) is 1. The summed E-state index contributed by atoms with van der Waals surface area (Å²) >= 11 is 0. The van der Waals surface area contributed by atoms with Gasteiger partial charge in [-0.3, -0.25) is 4.79 Å². The van der Waals surface area contributed by atoms with Crippen molar-refractivity contribution in [1.29, 1.82) is 0 Å². The Morgan fingerprint density at radius 3 is 2.41 bits per heavy atom. The monoisotopic (exact) mass is 264 g/mol. The van der Waals surface area contributed by atoms with Gasteiger partial charge in [-0.2, -0.15) is 0 Å². The largest absolute Gasteiger partial charge is 0.381 e. The molecule has 1 N–H and O–H groups in total. The summed E-state index contributed by atoms with van der Waals surface area (Å²) in [5, 5.41) is 3.01. The number of carbonyl (C=O) groups excluding carboxylic acids is 1. The molecule has 0 aromatic carbocycles. The molecule has 0 heterocycles. The summed E-state index contributed by atoms with van der Waals surface area (Å²) in [5.74, 6) is 0.246. The SMILES string of the molecule is CNCCC(=O)N(C)C1CCC(OC)CC1.Cl. The zero-order valence-corrected chi connectivity index (χ0v) is 11.9. The van der Waals surface area contributed by atoms with Crippen LogP contribution in [0.1, 0.15) is 32.1 Å². The zero-order chi connectivity index (χ0) is 12.0. The van der Waals surface area contributed by atoms with Crippen molar-refractivity contribution in [2.45, 2.75) is 44.2 Å². The molecular weight excluding hydrogens is 240 g/mol. The third-order valence-electron chi connectivity index (χ3n) is 3.51. The van der Waals surface area contributed by atoms with E-state index in [0.717, 1.165) is 32.2 Å². The molecule has 0 radical (unpaired) electrons. The van der Waals surface area contributed by atoms with Gasteiger partial charge in [0, 0.05) is 33.2 Å². The molecule has 1 fully saturated rings. The van der Waals surface area contributed by atoms with Crippen molar-refractivity contribution >= 4 is 18.3 Å². The molecule has 0 unspecified atom stereocenters. The molecule has 0 saturated heterocycles. The fraction of sp³-hybridized carbons (Fsp3) is 0.917. The van der Waals surface area contributed by atoms with Gasteiger partial charge in [0.15, 0.2) is 0 Å². The summed E-state index contributed by atoms with van der Waals surface area (Å²) in [6.45, 7) is 0.761. The van der Waals surface area contributed by atoms with Gasteiger partial charge in [0.25, 0.3) is 0 Å². The number of hydrogen-bond acceptors (Lipinski definition) is 3. The lowest BCUT2D eigenvalue weighted by Gasteiger charge is -2.34. The van der Waals surface area contributed by atoms with Crippen LogP contribution in [0, 0.1) is 0 Å². The number of amides is 1. The van der Waals surface area contributed by atoms with Gasteiger partial charge in [0.05, 0.1) is 6.10 Å². The van der Waals surface area contributed by atoms with Crippen LogP contribution < -0.4 is 5.32 Å². The molecule has 17 heavy (non-hydrogen) atoms. The number of nitrogens with zero attached hydrogens (tertiary/aromatic N) is 1. The second kappa shape index (κ2) is 8.72. The van der Waals surface area contributed by atoms with Crippen LogP contribution in [0.4, 0.5) is 0 Å². The van der Waals surface area contributed by atoms with Gasteiger partial charge >= 0.3 is 0 Å².